The normalized spacial score (nSPS) is 27.3. The maximum absolute atomic E-state index is 4.74. The Balaban J connectivity index is 1.53. The van der Waals surface area contributed by atoms with Crippen LogP contribution in [-0.4, -0.2) is 39.3 Å². The predicted octanol–water partition coefficient (Wildman–Crippen LogP) is 3.73. The number of fused-ring (bicyclic) bond motifs is 3. The van der Waals surface area contributed by atoms with Gasteiger partial charge in [0.05, 0.1) is 17.8 Å². The number of benzene rings is 1. The molecule has 5 heteroatoms. The highest BCUT2D eigenvalue weighted by molar-refractivity contribution is 7.14. The van der Waals surface area contributed by atoms with Crippen LogP contribution in [0.15, 0.2) is 30.6 Å². The number of piperidine rings is 1. The molecule has 0 radical (unpaired) electrons. The molecule has 118 valence electrons. The summed E-state index contributed by atoms with van der Waals surface area (Å²) in [5.41, 5.74) is 2.46. The summed E-state index contributed by atoms with van der Waals surface area (Å²) in [6.45, 7) is 3.32. The van der Waals surface area contributed by atoms with E-state index in [1.54, 1.807) is 11.3 Å². The third-order valence-electron chi connectivity index (χ3n) is 5.56. The van der Waals surface area contributed by atoms with E-state index >= 15 is 0 Å². The lowest BCUT2D eigenvalue weighted by atomic mass is 10.0. The number of hydrogen-bond donors (Lipinski definition) is 0. The van der Waals surface area contributed by atoms with Crippen molar-refractivity contribution >= 4 is 22.2 Å². The van der Waals surface area contributed by atoms with Crippen molar-refractivity contribution < 1.29 is 0 Å². The Morgan fingerprint density at radius 2 is 2.13 bits per heavy atom. The average Bonchev–Trinajstić information content (AvgIpc) is 3.28. The molecule has 23 heavy (non-hydrogen) atoms. The topological polar surface area (TPSA) is 34.0 Å². The van der Waals surface area contributed by atoms with Crippen molar-refractivity contribution in [1.29, 1.82) is 0 Å². The van der Waals surface area contributed by atoms with Crippen LogP contribution in [0.25, 0.3) is 21.5 Å². The Morgan fingerprint density at radius 3 is 2.83 bits per heavy atom. The molecular weight excluding hydrogens is 304 g/mol. The van der Waals surface area contributed by atoms with Gasteiger partial charge in [0.25, 0.3) is 0 Å². The molecule has 0 amide bonds. The number of thiazole rings is 1. The molecule has 1 aromatic carbocycles. The zero-order valence-corrected chi connectivity index (χ0v) is 14.3. The van der Waals surface area contributed by atoms with E-state index in [1.165, 1.54) is 40.7 Å². The Labute approximate surface area is 139 Å². The Kier molecular flexibility index (Phi) is 2.91. The first-order chi connectivity index (χ1) is 11.2. The monoisotopic (exact) mass is 324 g/mol. The van der Waals surface area contributed by atoms with E-state index < -0.39 is 0 Å². The van der Waals surface area contributed by atoms with E-state index in [0.29, 0.717) is 6.04 Å². The quantitative estimate of drug-likeness (QED) is 0.720. The molecule has 3 aromatic rings. The molecule has 2 fully saturated rings. The van der Waals surface area contributed by atoms with E-state index in [2.05, 4.69) is 46.7 Å². The van der Waals surface area contributed by atoms with E-state index in [4.69, 9.17) is 5.10 Å². The van der Waals surface area contributed by atoms with Gasteiger partial charge in [-0.2, -0.15) is 5.10 Å². The summed E-state index contributed by atoms with van der Waals surface area (Å²) in [5, 5.41) is 7.07. The van der Waals surface area contributed by atoms with Crippen molar-refractivity contribution in [2.75, 3.05) is 13.6 Å². The largest absolute Gasteiger partial charge is 0.303 e. The fraction of sp³-hybridized carbons (Fsp3) is 0.444. The van der Waals surface area contributed by atoms with E-state index in [0.717, 1.165) is 17.0 Å². The van der Waals surface area contributed by atoms with E-state index in [1.807, 2.05) is 12.4 Å². The summed E-state index contributed by atoms with van der Waals surface area (Å²) >= 11 is 1.75. The highest BCUT2D eigenvalue weighted by Gasteiger charge is 2.44. The van der Waals surface area contributed by atoms with Gasteiger partial charge in [0.15, 0.2) is 0 Å². The van der Waals surface area contributed by atoms with Crippen molar-refractivity contribution in [3.63, 3.8) is 0 Å². The summed E-state index contributed by atoms with van der Waals surface area (Å²) in [6.07, 6.45) is 6.54. The van der Waals surface area contributed by atoms with Crippen molar-refractivity contribution in [2.24, 2.45) is 5.92 Å². The van der Waals surface area contributed by atoms with Gasteiger partial charge in [0.1, 0.15) is 5.01 Å². The molecule has 1 saturated heterocycles. The van der Waals surface area contributed by atoms with Crippen LogP contribution in [0.1, 0.15) is 23.8 Å². The van der Waals surface area contributed by atoms with Gasteiger partial charge in [-0.3, -0.25) is 4.68 Å². The standard InChI is InChI=1S/C18H20N4S/c1-11-8-19-18(23-11)12-3-4-16-13(5-12)9-20-22(16)17-7-15-6-14(17)10-21(15)2/h3-5,8-9,14-15,17H,6-7,10H2,1-2H3. The Bertz CT molecular complexity index is 878. The zero-order chi connectivity index (χ0) is 15.6. The van der Waals surface area contributed by atoms with Crippen LogP contribution in [0.4, 0.5) is 0 Å². The van der Waals surface area contributed by atoms with Crippen molar-refractivity contribution in [3.8, 4) is 10.6 Å². The minimum atomic E-state index is 0.571. The molecule has 3 heterocycles. The fourth-order valence-corrected chi connectivity index (χ4v) is 5.15. The summed E-state index contributed by atoms with van der Waals surface area (Å²) in [6, 6.07) is 7.97. The molecule has 1 aliphatic heterocycles. The lowest BCUT2D eigenvalue weighted by molar-refractivity contribution is 0.205. The summed E-state index contributed by atoms with van der Waals surface area (Å²) in [7, 11) is 2.25. The zero-order valence-electron chi connectivity index (χ0n) is 13.4. The number of hydrogen-bond acceptors (Lipinski definition) is 4. The van der Waals surface area contributed by atoms with Gasteiger partial charge in [0, 0.05) is 34.6 Å². The summed E-state index contributed by atoms with van der Waals surface area (Å²) in [4.78, 5) is 8.26. The van der Waals surface area contributed by atoms with Gasteiger partial charge in [-0.15, -0.1) is 11.3 Å². The number of aryl methyl sites for hydroxylation is 1. The molecule has 1 aliphatic carbocycles. The highest BCUT2D eigenvalue weighted by atomic mass is 32.1. The molecule has 5 rings (SSSR count). The minimum Gasteiger partial charge on any atom is -0.303 e. The molecule has 1 saturated carbocycles. The third kappa shape index (κ3) is 2.07. The molecule has 4 nitrogen and oxygen atoms in total. The summed E-state index contributed by atoms with van der Waals surface area (Å²) in [5.74, 6) is 0.759. The first-order valence-electron chi connectivity index (χ1n) is 8.29. The second kappa shape index (κ2) is 4.89. The number of likely N-dealkylation sites (tertiary alicyclic amines) is 1. The Morgan fingerprint density at radius 1 is 1.22 bits per heavy atom. The van der Waals surface area contributed by atoms with E-state index in [9.17, 15) is 0 Å². The van der Waals surface area contributed by atoms with Crippen LogP contribution in [0.5, 0.6) is 0 Å². The summed E-state index contributed by atoms with van der Waals surface area (Å²) < 4.78 is 2.28. The third-order valence-corrected chi connectivity index (χ3v) is 6.52. The number of aromatic nitrogens is 3. The van der Waals surface area contributed by atoms with Gasteiger partial charge >= 0.3 is 0 Å². The van der Waals surface area contributed by atoms with Crippen molar-refractivity contribution in [3.05, 3.63) is 35.5 Å². The molecular formula is C18H20N4S. The molecule has 3 unspecified atom stereocenters. The van der Waals surface area contributed by atoms with Crippen molar-refractivity contribution in [2.45, 2.75) is 31.8 Å². The van der Waals surface area contributed by atoms with Crippen LogP contribution >= 0.6 is 11.3 Å². The first-order valence-corrected chi connectivity index (χ1v) is 9.11. The van der Waals surface area contributed by atoms with Gasteiger partial charge in [-0.1, -0.05) is 0 Å². The second-order valence-electron chi connectivity index (χ2n) is 7.03. The van der Waals surface area contributed by atoms with Gasteiger partial charge in [0.2, 0.25) is 0 Å². The SMILES string of the molecule is Cc1cnc(-c2ccc3c(cnn3C3CC4CC3CN4C)c2)s1. The average molecular weight is 324 g/mol. The first kappa shape index (κ1) is 13.7. The number of rotatable bonds is 2. The maximum Gasteiger partial charge on any atom is 0.123 e. The highest BCUT2D eigenvalue weighted by Crippen LogP contribution is 2.44. The van der Waals surface area contributed by atoms with Crippen LogP contribution in [0, 0.1) is 12.8 Å². The molecule has 0 N–H and O–H groups in total. The molecule has 3 atom stereocenters. The van der Waals surface area contributed by atoms with Gasteiger partial charge in [-0.05, 0) is 50.9 Å². The smallest absolute Gasteiger partial charge is 0.123 e. The van der Waals surface area contributed by atoms with Gasteiger partial charge in [-0.25, -0.2) is 4.98 Å². The van der Waals surface area contributed by atoms with E-state index in [-0.39, 0.29) is 0 Å². The fourth-order valence-electron chi connectivity index (χ4n) is 4.39. The lowest BCUT2D eigenvalue weighted by Crippen LogP contribution is -2.33. The minimum absolute atomic E-state index is 0.571. The Hall–Kier alpha value is -1.72. The van der Waals surface area contributed by atoms with Crippen molar-refractivity contribution in [1.82, 2.24) is 19.7 Å². The molecule has 2 aliphatic rings. The molecule has 2 aromatic heterocycles. The van der Waals surface area contributed by atoms with Crippen LogP contribution in [0.3, 0.4) is 0 Å². The van der Waals surface area contributed by atoms with Gasteiger partial charge < -0.3 is 4.90 Å². The molecule has 2 bridgehead atoms. The second-order valence-corrected chi connectivity index (χ2v) is 8.27. The maximum atomic E-state index is 4.74. The van der Waals surface area contributed by atoms with Crippen LogP contribution in [-0.2, 0) is 0 Å². The number of nitrogens with zero attached hydrogens (tertiary/aromatic N) is 4. The molecule has 0 spiro atoms. The predicted molar refractivity (Wildman–Crippen MR) is 93.8 cm³/mol. The van der Waals surface area contributed by atoms with Crippen LogP contribution < -0.4 is 0 Å². The van der Waals surface area contributed by atoms with Crippen LogP contribution in [0.2, 0.25) is 0 Å². The lowest BCUT2D eigenvalue weighted by Gasteiger charge is -2.29.